The van der Waals surface area contributed by atoms with Crippen LogP contribution in [-0.2, 0) is 40.1 Å². The molecule has 71 heavy (non-hydrogen) atoms. The molecule has 7 atom stereocenters. The molecule has 3 aromatic rings. The van der Waals surface area contributed by atoms with Gasteiger partial charge in [-0.2, -0.15) is 0 Å². The summed E-state index contributed by atoms with van der Waals surface area (Å²) >= 11 is 0. The van der Waals surface area contributed by atoms with Crippen molar-refractivity contribution in [2.75, 3.05) is 24.6 Å². The number of aliphatic hydroxyl groups is 1. The van der Waals surface area contributed by atoms with Crippen molar-refractivity contribution in [1.29, 1.82) is 0 Å². The number of carbonyl (C=O) groups is 2. The number of pyridine rings is 1. The first kappa shape index (κ1) is 51.5. The summed E-state index contributed by atoms with van der Waals surface area (Å²) in [5.74, 6) is 2.87. The molecular weight excluding hydrogens is 929 g/mol. The van der Waals surface area contributed by atoms with Crippen LogP contribution in [0.1, 0.15) is 157 Å². The lowest BCUT2D eigenvalue weighted by Gasteiger charge is -2.44. The van der Waals surface area contributed by atoms with Crippen LogP contribution in [0.3, 0.4) is 0 Å². The molecule has 1 aromatic heterocycles. The number of amides is 1. The molecule has 4 fully saturated rings. The topological polar surface area (TPSA) is 186 Å². The third kappa shape index (κ3) is 12.5. The van der Waals surface area contributed by atoms with E-state index in [0.717, 1.165) is 86.7 Å². The number of aryl methyl sites for hydroxylation is 2. The highest BCUT2D eigenvalue weighted by Crippen LogP contribution is 2.63. The largest absolute Gasteiger partial charge is 0.504 e. The molecule has 1 amide bonds. The molecule has 4 heterocycles. The number of benzene rings is 2. The zero-order valence-corrected chi connectivity index (χ0v) is 43.6. The Morgan fingerprint density at radius 2 is 1.76 bits per heavy atom. The molecule has 2 aromatic carbocycles. The maximum Gasteiger partial charge on any atom is 0.302 e. The van der Waals surface area contributed by atoms with Crippen LogP contribution in [-0.4, -0.2) is 80.0 Å². The highest BCUT2D eigenvalue weighted by Gasteiger charge is 2.57. The molecule has 7 unspecified atom stereocenters. The highest BCUT2D eigenvalue weighted by atomic mass is 33.1. The summed E-state index contributed by atoms with van der Waals surface area (Å²) < 4.78 is 12.7. The molecule has 3 aliphatic carbocycles. The summed E-state index contributed by atoms with van der Waals surface area (Å²) in [5, 5.41) is 27.6. The predicted molar refractivity (Wildman–Crippen MR) is 287 cm³/mol. The van der Waals surface area contributed by atoms with Crippen molar-refractivity contribution in [3.8, 4) is 11.5 Å². The summed E-state index contributed by atoms with van der Waals surface area (Å²) in [4.78, 5) is 38.0. The number of phenolic OH excluding ortho intramolecular Hbond substituents is 1. The highest BCUT2D eigenvalue weighted by molar-refractivity contribution is 8.77. The molecule has 6 aliphatic rings. The van der Waals surface area contributed by atoms with Gasteiger partial charge >= 0.3 is 5.97 Å². The number of aromatic hydroxyl groups is 1. The van der Waals surface area contributed by atoms with Crippen LogP contribution in [0.5, 0.6) is 11.5 Å². The van der Waals surface area contributed by atoms with Gasteiger partial charge in [0.2, 0.25) is 5.91 Å². The zero-order chi connectivity index (χ0) is 49.4. The van der Waals surface area contributed by atoms with E-state index in [1.165, 1.54) is 44.6 Å². The van der Waals surface area contributed by atoms with Gasteiger partial charge in [-0.1, -0.05) is 89.8 Å². The van der Waals surface area contributed by atoms with Gasteiger partial charge in [-0.05, 0) is 144 Å². The Kier molecular flexibility index (Phi) is 16.8. The Morgan fingerprint density at radius 1 is 0.944 bits per heavy atom. The summed E-state index contributed by atoms with van der Waals surface area (Å²) in [5.41, 5.74) is 17.7. The Hall–Kier alpha value is -4.40. The van der Waals surface area contributed by atoms with Crippen molar-refractivity contribution in [2.24, 2.45) is 33.4 Å². The fraction of sp³-hybridized carbons (Fsp3) is 0.614. The molecule has 0 radical (unpaired) electrons. The van der Waals surface area contributed by atoms with E-state index in [2.05, 4.69) is 52.8 Å². The van der Waals surface area contributed by atoms with Gasteiger partial charge in [0.15, 0.2) is 17.5 Å². The van der Waals surface area contributed by atoms with Gasteiger partial charge in [-0.3, -0.25) is 14.6 Å². The molecule has 12 nitrogen and oxygen atoms in total. The van der Waals surface area contributed by atoms with Crippen molar-refractivity contribution >= 4 is 51.3 Å². The number of nitrogens with one attached hydrogen (secondary N) is 1. The maximum atomic E-state index is 14.4. The van der Waals surface area contributed by atoms with E-state index in [9.17, 15) is 19.8 Å². The fourth-order valence-electron chi connectivity index (χ4n) is 13.3. The van der Waals surface area contributed by atoms with E-state index in [1.54, 1.807) is 6.20 Å². The second-order valence-corrected chi connectivity index (χ2v) is 24.7. The lowest BCUT2D eigenvalue weighted by Crippen LogP contribution is -2.55. The number of hydrogen-bond acceptors (Lipinski definition) is 13. The number of nitrogens with two attached hydrogens (primary N) is 2. The molecule has 7 N–H and O–H groups in total. The Labute approximate surface area is 429 Å². The predicted octanol–water partition coefficient (Wildman–Crippen LogP) is 10.5. The minimum absolute atomic E-state index is 0.0134. The second-order valence-electron chi connectivity index (χ2n) is 22.1. The standard InChI is InChI=1S/C57H78N6O6S2/c1-39(64)68-47-21-19-44-32-45(52(67)53-48(44)22-20-43-14-9-16-49(43)69-53)36-63-38-55(35-51(63)66,34-42-23-29-60-50(58)31-42)28-30-61-54(59)62-57(27-10-26-56(57)24-7-8-25-56)71-70-37-41(13-5-6-15-46(65)33-47)18-17-40-11-3-2-4-12-40/h2-4,11-12,20,22-23,29,31-32,41,43,46-47,49,65,67H,5-10,13-19,21,24-28,30,33-38H2,1H3,(H2,58,60)(H3,59,61,62). The van der Waals surface area contributed by atoms with Crippen molar-refractivity contribution in [2.45, 2.75) is 178 Å². The second kappa shape index (κ2) is 23.2. The number of fused-ring (bicyclic) bond motifs is 8. The number of ether oxygens (including phenoxy) is 2. The maximum absolute atomic E-state index is 14.4. The number of carbonyl (C=O) groups excluding carboxylic acids is 2. The van der Waals surface area contributed by atoms with E-state index >= 15 is 0 Å². The lowest BCUT2D eigenvalue weighted by atomic mass is 9.78. The number of anilines is 1. The number of nitrogen functional groups attached to an aromatic ring is 1. The van der Waals surface area contributed by atoms with Crippen LogP contribution in [0, 0.1) is 22.7 Å². The first-order chi connectivity index (χ1) is 34.4. The summed E-state index contributed by atoms with van der Waals surface area (Å²) in [6.45, 7) is 2.56. The quantitative estimate of drug-likeness (QED) is 0.116. The zero-order valence-electron chi connectivity index (χ0n) is 42.0. The number of hydrogen-bond donors (Lipinski definition) is 5. The average Bonchev–Trinajstić information content (AvgIpc) is 4.12. The first-order valence-electron chi connectivity index (χ1n) is 26.9. The van der Waals surface area contributed by atoms with Gasteiger partial charge in [-0.25, -0.2) is 4.98 Å². The monoisotopic (exact) mass is 1010 g/mol. The summed E-state index contributed by atoms with van der Waals surface area (Å²) in [6, 6.07) is 16.7. The van der Waals surface area contributed by atoms with Crippen molar-refractivity contribution in [3.63, 3.8) is 0 Å². The number of aliphatic imine (C=N–C) groups is 1. The van der Waals surface area contributed by atoms with E-state index in [1.807, 2.05) is 44.7 Å². The Balaban J connectivity index is 1.03. The third-order valence-corrected chi connectivity index (χ3v) is 20.3. The van der Waals surface area contributed by atoms with Crippen molar-refractivity contribution < 1.29 is 29.3 Å². The van der Waals surface area contributed by atoms with Crippen LogP contribution in [0.4, 0.5) is 5.82 Å². The number of nitrogens with zero attached hydrogens (tertiary/aromatic N) is 3. The minimum Gasteiger partial charge on any atom is -0.504 e. The molecule has 3 aliphatic heterocycles. The summed E-state index contributed by atoms with van der Waals surface area (Å²) in [6.07, 6.45) is 24.8. The molecule has 384 valence electrons. The van der Waals surface area contributed by atoms with E-state index in [4.69, 9.17) is 25.9 Å². The molecule has 3 saturated carbocycles. The normalized spacial score (nSPS) is 29.7. The molecular formula is C57H78N6O6S2. The smallest absolute Gasteiger partial charge is 0.302 e. The van der Waals surface area contributed by atoms with Crippen LogP contribution in [0.25, 0.3) is 6.08 Å². The van der Waals surface area contributed by atoms with Gasteiger partial charge in [-0.15, -0.1) is 0 Å². The molecule has 1 saturated heterocycles. The molecule has 4 bridgehead atoms. The first-order valence-corrected chi connectivity index (χ1v) is 29.2. The number of phenols is 1. The van der Waals surface area contributed by atoms with Crippen LogP contribution in [0.15, 0.2) is 65.8 Å². The number of guanidine groups is 1. The van der Waals surface area contributed by atoms with Gasteiger partial charge in [0.1, 0.15) is 22.9 Å². The Morgan fingerprint density at radius 3 is 2.58 bits per heavy atom. The third-order valence-electron chi connectivity index (χ3n) is 17.0. The number of esters is 1. The van der Waals surface area contributed by atoms with E-state index < -0.39 is 17.6 Å². The van der Waals surface area contributed by atoms with Gasteiger partial charge in [0.05, 0.1) is 6.10 Å². The lowest BCUT2D eigenvalue weighted by molar-refractivity contribution is -0.148. The van der Waals surface area contributed by atoms with Gasteiger partial charge < -0.3 is 41.4 Å². The van der Waals surface area contributed by atoms with Crippen molar-refractivity contribution in [3.05, 3.63) is 88.6 Å². The Bertz CT molecular complexity index is 2370. The van der Waals surface area contributed by atoms with Crippen LogP contribution in [0.2, 0.25) is 0 Å². The van der Waals surface area contributed by atoms with Gasteiger partial charge in [0, 0.05) is 79.2 Å². The SMILES string of the molecule is CC(=O)OC1CCc2cc(c(O)c3c2C=CC2CCCC2O3)CN2CC(Cc3ccnc(N)c3)(CCN=C(N)NC3(CCCC34CCCC4)SSCC(CCc3ccccc3)CCCCC(O)C1)CC2=O. The minimum atomic E-state index is -0.617. The van der Waals surface area contributed by atoms with E-state index in [-0.39, 0.29) is 46.5 Å². The number of aromatic nitrogens is 1. The average molecular weight is 1010 g/mol. The molecule has 9 rings (SSSR count). The molecule has 2 spiro atoms. The van der Waals surface area contributed by atoms with Crippen LogP contribution >= 0.6 is 21.6 Å². The van der Waals surface area contributed by atoms with Gasteiger partial charge in [0.25, 0.3) is 0 Å². The number of aliphatic hydroxyl groups excluding tert-OH is 1. The van der Waals surface area contributed by atoms with Crippen molar-refractivity contribution in [1.82, 2.24) is 15.2 Å². The fourth-order valence-corrected chi connectivity index (χ4v) is 17.2. The molecule has 14 heteroatoms. The van der Waals surface area contributed by atoms with Crippen LogP contribution < -0.4 is 21.5 Å². The van der Waals surface area contributed by atoms with E-state index in [0.29, 0.717) is 87.0 Å². The number of rotatable bonds is 6. The summed E-state index contributed by atoms with van der Waals surface area (Å²) in [7, 11) is 4.01.